The molecule has 33 heavy (non-hydrogen) atoms. The van der Waals surface area contributed by atoms with Gasteiger partial charge in [-0.15, -0.1) is 30.2 Å². The molecule has 0 radical (unpaired) electrons. The van der Waals surface area contributed by atoms with Crippen molar-refractivity contribution in [3.8, 4) is 29.4 Å². The van der Waals surface area contributed by atoms with Gasteiger partial charge in [0.05, 0.1) is 30.4 Å². The number of ether oxygens (including phenoxy) is 1. The molecule has 1 atom stereocenters. The summed E-state index contributed by atoms with van der Waals surface area (Å²) in [7, 11) is 1.61. The number of terminal acetylenes is 1. The summed E-state index contributed by atoms with van der Waals surface area (Å²) in [6, 6.07) is 11.1. The van der Waals surface area contributed by atoms with Crippen LogP contribution in [0, 0.1) is 37.9 Å². The number of thiazole rings is 1. The van der Waals surface area contributed by atoms with Gasteiger partial charge in [-0.05, 0) is 61.6 Å². The van der Waals surface area contributed by atoms with Crippen molar-refractivity contribution in [1.82, 2.24) is 4.98 Å². The zero-order valence-corrected chi connectivity index (χ0v) is 21.3. The van der Waals surface area contributed by atoms with E-state index in [0.717, 1.165) is 33.3 Å². The van der Waals surface area contributed by atoms with E-state index in [1.165, 1.54) is 12.8 Å². The molecule has 0 aliphatic heterocycles. The Balaban J connectivity index is 0.00000306. The van der Waals surface area contributed by atoms with E-state index in [-0.39, 0.29) is 24.3 Å². The smallest absolute Gasteiger partial charge is 0.187 e. The summed E-state index contributed by atoms with van der Waals surface area (Å²) in [4.78, 5) is 8.15. The van der Waals surface area contributed by atoms with Crippen LogP contribution in [0.3, 0.4) is 0 Å². The lowest BCUT2D eigenvalue weighted by atomic mass is 9.98. The molecule has 0 amide bonds. The van der Waals surface area contributed by atoms with E-state index in [1.54, 1.807) is 37.5 Å². The number of aromatic nitrogens is 1. The fraction of sp³-hybridized carbons (Fsp3) is 0.346. The van der Waals surface area contributed by atoms with Crippen molar-refractivity contribution in [3.63, 3.8) is 0 Å². The number of rotatable bonds is 8. The van der Waals surface area contributed by atoms with Gasteiger partial charge in [-0.2, -0.15) is 0 Å². The van der Waals surface area contributed by atoms with Gasteiger partial charge in [-0.1, -0.05) is 42.5 Å². The van der Waals surface area contributed by atoms with Crippen molar-refractivity contribution in [2.45, 2.75) is 39.2 Å². The Kier molecular flexibility index (Phi) is 8.28. The lowest BCUT2D eigenvalue weighted by molar-refractivity contribution is 0.415. The number of hydrogen-bond acceptors (Lipinski definition) is 4. The van der Waals surface area contributed by atoms with Crippen molar-refractivity contribution >= 4 is 40.5 Å². The Labute approximate surface area is 210 Å². The second-order valence-corrected chi connectivity index (χ2v) is 9.87. The molecular weight excluding hydrogens is 478 g/mol. The molecule has 174 valence electrons. The van der Waals surface area contributed by atoms with E-state index >= 15 is 0 Å². The lowest BCUT2D eigenvalue weighted by Gasteiger charge is -2.31. The standard InChI is InChI=1S/C26H26ClFN2OS.ClH/c1-5-12-30(24(13-18-7-8-18)19-9-6-16(2)23(28)14-19)26-29-25(17(3)32-26)21-11-10-20(31-4)15-22(21)27;/h1,6,9-11,14-15,18,24H,7-8,12-13H2,2-4H3;1H/t24-;/m0./s1. The lowest BCUT2D eigenvalue weighted by Crippen LogP contribution is -2.29. The van der Waals surface area contributed by atoms with E-state index in [0.29, 0.717) is 28.8 Å². The largest absolute Gasteiger partial charge is 0.497 e. The first-order valence-electron chi connectivity index (χ1n) is 10.7. The van der Waals surface area contributed by atoms with Crippen LogP contribution < -0.4 is 9.64 Å². The van der Waals surface area contributed by atoms with Crippen LogP contribution in [0.15, 0.2) is 36.4 Å². The second-order valence-electron chi connectivity index (χ2n) is 8.28. The molecule has 1 saturated carbocycles. The molecule has 0 spiro atoms. The Bertz CT molecular complexity index is 1170. The summed E-state index contributed by atoms with van der Waals surface area (Å²) in [5, 5.41) is 1.41. The van der Waals surface area contributed by atoms with Crippen LogP contribution >= 0.6 is 35.3 Å². The zero-order valence-electron chi connectivity index (χ0n) is 18.9. The van der Waals surface area contributed by atoms with Crippen molar-refractivity contribution in [1.29, 1.82) is 0 Å². The minimum Gasteiger partial charge on any atom is -0.497 e. The first-order valence-corrected chi connectivity index (χ1v) is 11.9. The molecule has 3 nitrogen and oxygen atoms in total. The normalized spacial score (nSPS) is 13.7. The van der Waals surface area contributed by atoms with Gasteiger partial charge in [0.2, 0.25) is 0 Å². The van der Waals surface area contributed by atoms with Crippen LogP contribution in [0.4, 0.5) is 9.52 Å². The van der Waals surface area contributed by atoms with Crippen LogP contribution in [0.2, 0.25) is 5.02 Å². The third-order valence-electron chi connectivity index (χ3n) is 5.93. The van der Waals surface area contributed by atoms with Crippen molar-refractivity contribution < 1.29 is 9.13 Å². The van der Waals surface area contributed by atoms with Crippen LogP contribution in [-0.4, -0.2) is 18.6 Å². The van der Waals surface area contributed by atoms with Gasteiger partial charge < -0.3 is 9.64 Å². The van der Waals surface area contributed by atoms with E-state index in [4.69, 9.17) is 27.7 Å². The van der Waals surface area contributed by atoms with Crippen LogP contribution in [0.5, 0.6) is 5.75 Å². The Morgan fingerprint density at radius 2 is 2.03 bits per heavy atom. The number of benzene rings is 2. The third kappa shape index (κ3) is 5.63. The molecule has 2 aromatic carbocycles. The van der Waals surface area contributed by atoms with Gasteiger partial charge in [-0.25, -0.2) is 9.37 Å². The second kappa shape index (κ2) is 10.8. The number of nitrogens with zero attached hydrogens (tertiary/aromatic N) is 2. The molecular formula is C26H27Cl2FN2OS. The molecule has 1 aliphatic carbocycles. The molecule has 1 aliphatic rings. The minimum absolute atomic E-state index is 0. The molecule has 4 rings (SSSR count). The molecule has 0 saturated heterocycles. The maximum Gasteiger partial charge on any atom is 0.187 e. The molecule has 0 N–H and O–H groups in total. The maximum atomic E-state index is 14.4. The molecule has 0 bridgehead atoms. The third-order valence-corrected chi connectivity index (χ3v) is 7.26. The molecule has 0 unspecified atom stereocenters. The molecule has 3 aromatic rings. The highest BCUT2D eigenvalue weighted by atomic mass is 35.5. The van der Waals surface area contributed by atoms with Crippen molar-refractivity contribution in [2.24, 2.45) is 5.92 Å². The van der Waals surface area contributed by atoms with Gasteiger partial charge in [0.15, 0.2) is 5.13 Å². The zero-order chi connectivity index (χ0) is 22.8. The summed E-state index contributed by atoms with van der Waals surface area (Å²) in [6.07, 6.45) is 9.12. The summed E-state index contributed by atoms with van der Waals surface area (Å²) in [5.41, 5.74) is 3.27. The fourth-order valence-corrected chi connectivity index (χ4v) is 5.14. The van der Waals surface area contributed by atoms with Crippen molar-refractivity contribution in [3.05, 3.63) is 63.2 Å². The summed E-state index contributed by atoms with van der Waals surface area (Å²) >= 11 is 8.12. The number of aryl methyl sites for hydroxylation is 2. The monoisotopic (exact) mass is 504 g/mol. The molecule has 1 heterocycles. The van der Waals surface area contributed by atoms with Crippen LogP contribution in [0.25, 0.3) is 11.3 Å². The first-order chi connectivity index (χ1) is 15.4. The van der Waals surface area contributed by atoms with E-state index in [1.807, 2.05) is 31.2 Å². The number of methoxy groups -OCH3 is 1. The Morgan fingerprint density at radius 1 is 1.27 bits per heavy atom. The predicted molar refractivity (Wildman–Crippen MR) is 138 cm³/mol. The highest BCUT2D eigenvalue weighted by Gasteiger charge is 2.32. The van der Waals surface area contributed by atoms with Gasteiger partial charge in [0.25, 0.3) is 0 Å². The van der Waals surface area contributed by atoms with Gasteiger partial charge in [0.1, 0.15) is 11.6 Å². The van der Waals surface area contributed by atoms with Crippen molar-refractivity contribution in [2.75, 3.05) is 18.6 Å². The Morgan fingerprint density at radius 3 is 2.64 bits per heavy atom. The number of halogens is 3. The first kappa shape index (κ1) is 25.4. The number of anilines is 1. The topological polar surface area (TPSA) is 25.4 Å². The Hall–Kier alpha value is -2.26. The predicted octanol–water partition coefficient (Wildman–Crippen LogP) is 7.63. The molecule has 1 aromatic heterocycles. The van der Waals surface area contributed by atoms with Crippen LogP contribution in [0.1, 0.15) is 41.3 Å². The van der Waals surface area contributed by atoms with Gasteiger partial charge in [0, 0.05) is 10.4 Å². The van der Waals surface area contributed by atoms with E-state index in [9.17, 15) is 4.39 Å². The minimum atomic E-state index is -0.190. The summed E-state index contributed by atoms with van der Waals surface area (Å²) in [5.74, 6) is 3.94. The van der Waals surface area contributed by atoms with Gasteiger partial charge >= 0.3 is 0 Å². The fourth-order valence-electron chi connectivity index (χ4n) is 3.91. The maximum absolute atomic E-state index is 14.4. The molecule has 7 heteroatoms. The highest BCUT2D eigenvalue weighted by molar-refractivity contribution is 7.16. The average Bonchev–Trinajstić information content (AvgIpc) is 3.52. The van der Waals surface area contributed by atoms with E-state index in [2.05, 4.69) is 10.8 Å². The SMILES string of the molecule is C#CCN(c1nc(-c2ccc(OC)cc2Cl)c(C)s1)[C@@H](CC1CC1)c1ccc(C)c(F)c1.Cl. The summed E-state index contributed by atoms with van der Waals surface area (Å²) in [6.45, 7) is 4.21. The molecule has 1 fully saturated rings. The van der Waals surface area contributed by atoms with E-state index < -0.39 is 0 Å². The number of hydrogen-bond donors (Lipinski definition) is 0. The quantitative estimate of drug-likeness (QED) is 0.294. The van der Waals surface area contributed by atoms with Crippen LogP contribution in [-0.2, 0) is 0 Å². The van der Waals surface area contributed by atoms with Gasteiger partial charge in [-0.3, -0.25) is 0 Å². The highest BCUT2D eigenvalue weighted by Crippen LogP contribution is 2.44. The summed E-state index contributed by atoms with van der Waals surface area (Å²) < 4.78 is 19.7. The average molecular weight is 505 g/mol.